The lowest BCUT2D eigenvalue weighted by molar-refractivity contribution is 0.0960. The summed E-state index contributed by atoms with van der Waals surface area (Å²) in [4.78, 5) is 28.1. The average molecular weight is 441 g/mol. The van der Waals surface area contributed by atoms with Gasteiger partial charge in [0.2, 0.25) is 0 Å². The minimum Gasteiger partial charge on any atom is -0.496 e. The van der Waals surface area contributed by atoms with Gasteiger partial charge in [-0.1, -0.05) is 30.3 Å². The standard InChI is InChI=1S/C25H23N5O3/c1-32-20-11-5-2-7-16(20)13-30-23-21(22-24(30)28-19-10-4-3-9-18(19)27-22)25(31)29(15-26-23)14-17-8-6-12-33-17/h2-5,7,9-11,15,17H,6,8,12-14H2,1H3/t17-/m1/s1. The van der Waals surface area contributed by atoms with E-state index >= 15 is 0 Å². The van der Waals surface area contributed by atoms with Crippen LogP contribution in [0.5, 0.6) is 5.75 Å². The second-order valence-corrected chi connectivity index (χ2v) is 8.32. The van der Waals surface area contributed by atoms with Crippen molar-refractivity contribution in [2.75, 3.05) is 13.7 Å². The van der Waals surface area contributed by atoms with Crippen molar-refractivity contribution >= 4 is 33.2 Å². The van der Waals surface area contributed by atoms with Crippen LogP contribution in [0, 0.1) is 0 Å². The molecule has 1 aliphatic heterocycles. The zero-order valence-electron chi connectivity index (χ0n) is 18.3. The molecule has 8 nitrogen and oxygen atoms in total. The molecule has 0 spiro atoms. The van der Waals surface area contributed by atoms with Crippen LogP contribution >= 0.6 is 0 Å². The van der Waals surface area contributed by atoms with Crippen LogP contribution in [0.25, 0.3) is 33.2 Å². The molecule has 6 rings (SSSR count). The summed E-state index contributed by atoms with van der Waals surface area (Å²) in [6, 6.07) is 15.5. The monoisotopic (exact) mass is 441 g/mol. The summed E-state index contributed by atoms with van der Waals surface area (Å²) in [6.45, 7) is 1.69. The molecule has 1 fully saturated rings. The normalized spacial score (nSPS) is 16.2. The molecule has 8 heteroatoms. The maximum atomic E-state index is 13.6. The van der Waals surface area contributed by atoms with Crippen molar-refractivity contribution in [3.05, 3.63) is 70.8 Å². The van der Waals surface area contributed by atoms with Crippen LogP contribution < -0.4 is 10.3 Å². The van der Waals surface area contributed by atoms with Gasteiger partial charge in [0.1, 0.15) is 16.7 Å². The number of rotatable bonds is 5. The lowest BCUT2D eigenvalue weighted by Crippen LogP contribution is -2.26. The number of aromatic nitrogens is 5. The molecular weight excluding hydrogens is 418 g/mol. The number of methoxy groups -OCH3 is 1. The first-order valence-corrected chi connectivity index (χ1v) is 11.1. The third kappa shape index (κ3) is 3.34. The van der Waals surface area contributed by atoms with E-state index in [2.05, 4.69) is 0 Å². The van der Waals surface area contributed by atoms with Gasteiger partial charge in [-0.05, 0) is 31.0 Å². The summed E-state index contributed by atoms with van der Waals surface area (Å²) in [5.41, 5.74) is 4.14. The predicted molar refractivity (Wildman–Crippen MR) is 126 cm³/mol. The maximum absolute atomic E-state index is 13.6. The first-order chi connectivity index (χ1) is 16.2. The van der Waals surface area contributed by atoms with Gasteiger partial charge < -0.3 is 14.0 Å². The number of fused-ring (bicyclic) bond motifs is 4. The summed E-state index contributed by atoms with van der Waals surface area (Å²) in [7, 11) is 1.65. The minimum absolute atomic E-state index is 0.0378. The Bertz CT molecular complexity index is 1550. The number of nitrogens with zero attached hydrogens (tertiary/aromatic N) is 5. The fourth-order valence-electron chi connectivity index (χ4n) is 4.63. The SMILES string of the molecule is COc1ccccc1Cn1c2nc3ccccc3nc2c2c(=O)n(C[C@H]3CCCO3)cnc21. The van der Waals surface area contributed by atoms with Crippen LogP contribution in [0.3, 0.4) is 0 Å². The molecule has 33 heavy (non-hydrogen) atoms. The van der Waals surface area contributed by atoms with Crippen LogP contribution in [-0.2, 0) is 17.8 Å². The van der Waals surface area contributed by atoms with E-state index in [0.717, 1.165) is 41.8 Å². The van der Waals surface area contributed by atoms with E-state index in [1.807, 2.05) is 53.1 Å². The van der Waals surface area contributed by atoms with Crippen molar-refractivity contribution in [3.8, 4) is 5.75 Å². The topological polar surface area (TPSA) is 84.1 Å². The fraction of sp³-hybridized carbons (Fsp3) is 0.280. The van der Waals surface area contributed by atoms with Crippen molar-refractivity contribution in [3.63, 3.8) is 0 Å². The molecule has 1 aliphatic rings. The van der Waals surface area contributed by atoms with E-state index in [1.54, 1.807) is 18.0 Å². The van der Waals surface area contributed by atoms with Gasteiger partial charge in [0, 0.05) is 12.2 Å². The number of para-hydroxylation sites is 3. The summed E-state index contributed by atoms with van der Waals surface area (Å²) in [5, 5.41) is 0.485. The summed E-state index contributed by atoms with van der Waals surface area (Å²) in [5.74, 6) is 0.771. The van der Waals surface area contributed by atoms with Gasteiger partial charge in [-0.3, -0.25) is 9.36 Å². The van der Waals surface area contributed by atoms with Crippen LogP contribution in [0.2, 0.25) is 0 Å². The van der Waals surface area contributed by atoms with Gasteiger partial charge in [-0.15, -0.1) is 0 Å². The second-order valence-electron chi connectivity index (χ2n) is 8.32. The Balaban J connectivity index is 1.61. The molecule has 2 aromatic carbocycles. The lowest BCUT2D eigenvalue weighted by atomic mass is 10.2. The van der Waals surface area contributed by atoms with Crippen molar-refractivity contribution in [2.24, 2.45) is 0 Å². The zero-order chi connectivity index (χ0) is 22.4. The van der Waals surface area contributed by atoms with Gasteiger partial charge in [0.15, 0.2) is 11.3 Å². The molecule has 0 N–H and O–H groups in total. The molecule has 1 saturated heterocycles. The Kier molecular flexibility index (Phi) is 4.80. The molecule has 0 radical (unpaired) electrons. The first-order valence-electron chi connectivity index (χ1n) is 11.1. The Morgan fingerprint density at radius 2 is 1.85 bits per heavy atom. The maximum Gasteiger partial charge on any atom is 0.265 e. The number of benzene rings is 2. The van der Waals surface area contributed by atoms with E-state index in [4.69, 9.17) is 24.4 Å². The molecular formula is C25H23N5O3. The Labute approximate surface area is 189 Å². The highest BCUT2D eigenvalue weighted by atomic mass is 16.5. The predicted octanol–water partition coefficient (Wildman–Crippen LogP) is 3.53. The molecule has 1 atom stereocenters. The number of hydrogen-bond acceptors (Lipinski definition) is 6. The van der Waals surface area contributed by atoms with Crippen LogP contribution in [-0.4, -0.2) is 43.9 Å². The van der Waals surface area contributed by atoms with E-state index < -0.39 is 0 Å². The second kappa shape index (κ2) is 7.97. The van der Waals surface area contributed by atoms with E-state index in [9.17, 15) is 4.79 Å². The fourth-order valence-corrected chi connectivity index (χ4v) is 4.63. The molecule has 0 amide bonds. The van der Waals surface area contributed by atoms with E-state index in [1.165, 1.54) is 0 Å². The molecule has 0 unspecified atom stereocenters. The highest BCUT2D eigenvalue weighted by molar-refractivity contribution is 6.04. The molecule has 166 valence electrons. The largest absolute Gasteiger partial charge is 0.496 e. The number of ether oxygens (including phenoxy) is 2. The van der Waals surface area contributed by atoms with Crippen LogP contribution in [0.15, 0.2) is 59.7 Å². The van der Waals surface area contributed by atoms with Gasteiger partial charge in [0.25, 0.3) is 5.56 Å². The highest BCUT2D eigenvalue weighted by Crippen LogP contribution is 2.28. The van der Waals surface area contributed by atoms with Gasteiger partial charge in [-0.25, -0.2) is 15.0 Å². The van der Waals surface area contributed by atoms with E-state index in [-0.39, 0.29) is 11.7 Å². The lowest BCUT2D eigenvalue weighted by Gasteiger charge is -2.12. The van der Waals surface area contributed by atoms with Crippen LogP contribution in [0.4, 0.5) is 0 Å². The first kappa shape index (κ1) is 19.9. The van der Waals surface area contributed by atoms with Gasteiger partial charge in [-0.2, -0.15) is 0 Å². The Hall–Kier alpha value is -3.78. The van der Waals surface area contributed by atoms with E-state index in [0.29, 0.717) is 35.3 Å². The molecule has 4 heterocycles. The third-order valence-corrected chi connectivity index (χ3v) is 6.26. The highest BCUT2D eigenvalue weighted by Gasteiger charge is 2.22. The smallest absolute Gasteiger partial charge is 0.265 e. The molecule has 0 saturated carbocycles. The Morgan fingerprint density at radius 3 is 2.64 bits per heavy atom. The zero-order valence-corrected chi connectivity index (χ0v) is 18.3. The number of hydrogen-bond donors (Lipinski definition) is 0. The molecule has 0 aliphatic carbocycles. The quantitative estimate of drug-likeness (QED) is 0.415. The third-order valence-electron chi connectivity index (χ3n) is 6.26. The Morgan fingerprint density at radius 1 is 1.06 bits per heavy atom. The van der Waals surface area contributed by atoms with Crippen molar-refractivity contribution in [2.45, 2.75) is 32.0 Å². The van der Waals surface area contributed by atoms with Crippen molar-refractivity contribution in [1.29, 1.82) is 0 Å². The van der Waals surface area contributed by atoms with Crippen LogP contribution in [0.1, 0.15) is 18.4 Å². The molecule has 0 bridgehead atoms. The van der Waals surface area contributed by atoms with Gasteiger partial charge >= 0.3 is 0 Å². The summed E-state index contributed by atoms with van der Waals surface area (Å²) >= 11 is 0. The van der Waals surface area contributed by atoms with Crippen molar-refractivity contribution < 1.29 is 9.47 Å². The van der Waals surface area contributed by atoms with Crippen molar-refractivity contribution in [1.82, 2.24) is 24.1 Å². The average Bonchev–Trinajstić information content (AvgIpc) is 3.46. The molecule has 5 aromatic rings. The van der Waals surface area contributed by atoms with Gasteiger partial charge in [0.05, 0.1) is 43.7 Å². The minimum atomic E-state index is -0.121. The molecule has 3 aromatic heterocycles. The summed E-state index contributed by atoms with van der Waals surface area (Å²) < 4.78 is 14.9. The summed E-state index contributed by atoms with van der Waals surface area (Å²) in [6.07, 6.45) is 3.62.